The van der Waals surface area contributed by atoms with E-state index < -0.39 is 24.1 Å². The fraction of sp³-hybridized carbons (Fsp3) is 0.731. The molecule has 8 atom stereocenters. The Kier molecular flexibility index (Phi) is 10.8. The summed E-state index contributed by atoms with van der Waals surface area (Å²) in [6.45, 7) is 9.38. The fourth-order valence-electron chi connectivity index (χ4n) is 5.12. The number of ether oxygens (including phenoxy) is 2. The van der Waals surface area contributed by atoms with Crippen molar-refractivity contribution in [2.75, 3.05) is 0 Å². The smallest absolute Gasteiger partial charge is 0.308 e. The molecule has 0 aromatic carbocycles. The molecule has 0 bridgehead atoms. The molecule has 3 N–H and O–H groups in total. The van der Waals surface area contributed by atoms with Gasteiger partial charge < -0.3 is 14.6 Å². The van der Waals surface area contributed by atoms with E-state index in [9.17, 15) is 19.5 Å². The lowest BCUT2D eigenvalue weighted by Crippen LogP contribution is -2.41. The minimum absolute atomic E-state index is 0.0702. The lowest BCUT2D eigenvalue weighted by molar-refractivity contribution is -0.158. The van der Waals surface area contributed by atoms with Crippen molar-refractivity contribution in [1.82, 2.24) is 5.48 Å². The summed E-state index contributed by atoms with van der Waals surface area (Å²) >= 11 is 0. The van der Waals surface area contributed by atoms with Crippen LogP contribution >= 0.6 is 0 Å². The lowest BCUT2D eigenvalue weighted by Gasteiger charge is -2.43. The zero-order valence-electron chi connectivity index (χ0n) is 21.0. The van der Waals surface area contributed by atoms with Crippen LogP contribution in [-0.2, 0) is 23.9 Å². The first-order chi connectivity index (χ1) is 16.0. The van der Waals surface area contributed by atoms with Crippen LogP contribution in [0.25, 0.3) is 0 Å². The average molecular weight is 480 g/mol. The maximum atomic E-state index is 12.6. The number of aliphatic hydroxyl groups excluding tert-OH is 1. The van der Waals surface area contributed by atoms with E-state index in [4.69, 9.17) is 14.7 Å². The van der Waals surface area contributed by atoms with Gasteiger partial charge in [-0.3, -0.25) is 19.6 Å². The molecule has 0 heterocycles. The Bertz CT molecular complexity index is 777. The van der Waals surface area contributed by atoms with Crippen molar-refractivity contribution >= 4 is 17.8 Å². The fourth-order valence-corrected chi connectivity index (χ4v) is 5.12. The molecule has 192 valence electrons. The number of allylic oxidation sites excluding steroid dienone is 3. The molecule has 0 fully saturated rings. The van der Waals surface area contributed by atoms with E-state index in [-0.39, 0.29) is 48.6 Å². The Hall–Kier alpha value is -2.19. The number of hydrogen-bond donors (Lipinski definition) is 3. The van der Waals surface area contributed by atoms with Crippen LogP contribution in [-0.4, -0.2) is 46.5 Å². The van der Waals surface area contributed by atoms with Crippen LogP contribution in [0.15, 0.2) is 23.8 Å². The molecule has 0 aliphatic heterocycles. The largest absolute Gasteiger partial charge is 0.462 e. The Morgan fingerprint density at radius 3 is 2.59 bits per heavy atom. The van der Waals surface area contributed by atoms with E-state index in [0.717, 1.165) is 12.8 Å². The monoisotopic (exact) mass is 479 g/mol. The highest BCUT2D eigenvalue weighted by Crippen LogP contribution is 2.45. The first-order valence-corrected chi connectivity index (χ1v) is 12.4. The van der Waals surface area contributed by atoms with Crippen molar-refractivity contribution in [3.05, 3.63) is 23.8 Å². The molecule has 0 unspecified atom stereocenters. The summed E-state index contributed by atoms with van der Waals surface area (Å²) in [5, 5.41) is 19.5. The third-order valence-corrected chi connectivity index (χ3v) is 7.12. The van der Waals surface area contributed by atoms with Gasteiger partial charge in [-0.1, -0.05) is 45.9 Å². The molecule has 0 aromatic rings. The molecule has 8 heteroatoms. The van der Waals surface area contributed by atoms with E-state index in [2.05, 4.69) is 32.1 Å². The third kappa shape index (κ3) is 7.94. The van der Waals surface area contributed by atoms with Crippen molar-refractivity contribution < 1.29 is 34.2 Å². The highest BCUT2D eigenvalue weighted by Gasteiger charge is 2.41. The Balaban J connectivity index is 2.10. The number of amides is 1. The van der Waals surface area contributed by atoms with Gasteiger partial charge in [0.25, 0.3) is 0 Å². The van der Waals surface area contributed by atoms with Crippen molar-refractivity contribution in [3.63, 3.8) is 0 Å². The maximum Gasteiger partial charge on any atom is 0.308 e. The molecule has 0 aromatic heterocycles. The van der Waals surface area contributed by atoms with E-state index in [0.29, 0.717) is 18.8 Å². The van der Waals surface area contributed by atoms with Crippen LogP contribution in [0.2, 0.25) is 0 Å². The van der Waals surface area contributed by atoms with Gasteiger partial charge in [0.05, 0.1) is 18.4 Å². The topological polar surface area (TPSA) is 122 Å². The van der Waals surface area contributed by atoms with Crippen LogP contribution in [0.4, 0.5) is 0 Å². The van der Waals surface area contributed by atoms with Gasteiger partial charge in [-0.25, -0.2) is 5.48 Å². The number of hydroxylamine groups is 1. The minimum Gasteiger partial charge on any atom is -0.462 e. The predicted octanol–water partition coefficient (Wildman–Crippen LogP) is 3.71. The molecule has 2 aliphatic rings. The van der Waals surface area contributed by atoms with Gasteiger partial charge in [0.2, 0.25) is 5.91 Å². The van der Waals surface area contributed by atoms with Crippen LogP contribution in [0.5, 0.6) is 0 Å². The number of esters is 2. The maximum absolute atomic E-state index is 12.6. The Morgan fingerprint density at radius 1 is 1.26 bits per heavy atom. The van der Waals surface area contributed by atoms with Crippen molar-refractivity contribution in [3.8, 4) is 0 Å². The quantitative estimate of drug-likeness (QED) is 0.235. The lowest BCUT2D eigenvalue weighted by atomic mass is 9.65. The summed E-state index contributed by atoms with van der Waals surface area (Å²) in [6, 6.07) is 0. The molecular weight excluding hydrogens is 438 g/mol. The molecular formula is C26H41NO7. The average Bonchev–Trinajstić information content (AvgIpc) is 2.77. The highest BCUT2D eigenvalue weighted by molar-refractivity contribution is 5.75. The van der Waals surface area contributed by atoms with Crippen molar-refractivity contribution in [2.45, 2.75) is 91.5 Å². The van der Waals surface area contributed by atoms with Crippen LogP contribution in [0.3, 0.4) is 0 Å². The van der Waals surface area contributed by atoms with E-state index in [1.807, 2.05) is 13.8 Å². The zero-order chi connectivity index (χ0) is 25.4. The molecule has 8 nitrogen and oxygen atoms in total. The van der Waals surface area contributed by atoms with E-state index in [1.54, 1.807) is 0 Å². The van der Waals surface area contributed by atoms with Gasteiger partial charge >= 0.3 is 11.9 Å². The number of carbonyl (C=O) groups is 3. The number of aliphatic hydroxyl groups is 1. The van der Waals surface area contributed by atoms with E-state index in [1.165, 1.54) is 18.0 Å². The summed E-state index contributed by atoms with van der Waals surface area (Å²) in [7, 11) is 0. The number of fused-ring (bicyclic) bond motifs is 1. The summed E-state index contributed by atoms with van der Waals surface area (Å²) < 4.78 is 11.2. The standard InChI is InChI=1S/C26H41NO7/c1-6-16(3)26(31)34-23-12-15(2)11-19-8-7-17(4)22(25(19)23)10-9-20(29)13-21(33-18(5)28)14-24(30)27-32/h7-8,11,15-17,20-23,25,29,32H,6,9-10,12-14H2,1-5H3,(H,27,30)/t15-,16-,17-,20+,21-,22-,23-,25-/m0/s1. The summed E-state index contributed by atoms with van der Waals surface area (Å²) in [4.78, 5) is 35.5. The summed E-state index contributed by atoms with van der Waals surface area (Å²) in [6.07, 6.45) is 7.30. The first kappa shape index (κ1) is 28.1. The molecule has 0 saturated carbocycles. The minimum atomic E-state index is -0.821. The van der Waals surface area contributed by atoms with Crippen LogP contribution < -0.4 is 5.48 Å². The zero-order valence-corrected chi connectivity index (χ0v) is 21.0. The van der Waals surface area contributed by atoms with Gasteiger partial charge in [-0.05, 0) is 49.0 Å². The second-order valence-electron chi connectivity index (χ2n) is 10.0. The number of rotatable bonds is 11. The Morgan fingerprint density at radius 2 is 1.97 bits per heavy atom. The van der Waals surface area contributed by atoms with E-state index >= 15 is 0 Å². The molecule has 1 amide bonds. The summed E-state index contributed by atoms with van der Waals surface area (Å²) in [5.41, 5.74) is 2.72. The molecule has 0 saturated heterocycles. The van der Waals surface area contributed by atoms with Gasteiger partial charge in [0, 0.05) is 19.3 Å². The predicted molar refractivity (Wildman–Crippen MR) is 126 cm³/mol. The van der Waals surface area contributed by atoms with Gasteiger partial charge in [-0.15, -0.1) is 0 Å². The van der Waals surface area contributed by atoms with Gasteiger partial charge in [0.15, 0.2) is 0 Å². The Labute approximate surface area is 202 Å². The second-order valence-corrected chi connectivity index (χ2v) is 10.0. The van der Waals surface area contributed by atoms with Crippen molar-refractivity contribution in [2.24, 2.45) is 29.6 Å². The highest BCUT2D eigenvalue weighted by atomic mass is 16.5. The molecule has 34 heavy (non-hydrogen) atoms. The number of nitrogens with one attached hydrogen (secondary N) is 1. The normalized spacial score (nSPS) is 28.7. The second kappa shape index (κ2) is 13.0. The molecule has 0 radical (unpaired) electrons. The van der Waals surface area contributed by atoms with Gasteiger partial charge in [-0.2, -0.15) is 0 Å². The van der Waals surface area contributed by atoms with Crippen LogP contribution in [0, 0.1) is 29.6 Å². The molecule has 0 spiro atoms. The SMILES string of the molecule is CC[C@H](C)C(=O)O[C@H]1C[C@@H](C)C=C2C=C[C@H](C)[C@H](CC[C@@H](O)C[C@@H](CC(=O)NO)OC(C)=O)[C@H]21. The first-order valence-electron chi connectivity index (χ1n) is 12.4. The molecule has 2 rings (SSSR count). The summed E-state index contributed by atoms with van der Waals surface area (Å²) in [5.74, 6) is -0.719. The van der Waals surface area contributed by atoms with Crippen molar-refractivity contribution in [1.29, 1.82) is 0 Å². The van der Waals surface area contributed by atoms with Gasteiger partial charge in [0.1, 0.15) is 12.2 Å². The molecule has 2 aliphatic carbocycles. The third-order valence-electron chi connectivity index (χ3n) is 7.12. The van der Waals surface area contributed by atoms with Crippen LogP contribution in [0.1, 0.15) is 73.1 Å². The number of hydrogen-bond acceptors (Lipinski definition) is 7. The number of carbonyl (C=O) groups excluding carboxylic acids is 3.